The Labute approximate surface area is 149 Å². The lowest BCUT2D eigenvalue weighted by molar-refractivity contribution is -0.0756. The molecule has 128 valence electrons. The summed E-state index contributed by atoms with van der Waals surface area (Å²) >= 11 is 11.6. The third-order valence-corrected chi connectivity index (χ3v) is 5.24. The molecular weight excluding hydrogens is 375 g/mol. The summed E-state index contributed by atoms with van der Waals surface area (Å²) in [5.74, 6) is -0.409. The highest BCUT2D eigenvalue weighted by Gasteiger charge is 2.17. The lowest BCUT2D eigenvalue weighted by atomic mass is 10.2. The first kappa shape index (κ1) is 18.5. The molecule has 0 saturated carbocycles. The number of rotatable bonds is 5. The van der Waals surface area contributed by atoms with E-state index in [1.54, 1.807) is 12.1 Å². The molecule has 0 atom stereocenters. The molecule has 24 heavy (non-hydrogen) atoms. The second-order valence-corrected chi connectivity index (χ2v) is 7.24. The van der Waals surface area contributed by atoms with Crippen LogP contribution in [0.3, 0.4) is 0 Å². The smallest absolute Gasteiger partial charge is 0.277 e. The number of hydrogen-bond donors (Lipinski definition) is 1. The van der Waals surface area contributed by atoms with E-state index in [4.69, 9.17) is 28.0 Å². The molecule has 0 fully saturated rings. The Kier molecular flexibility index (Phi) is 5.71. The molecule has 9 heteroatoms. The molecule has 0 saturated heterocycles. The quantitative estimate of drug-likeness (QED) is 0.796. The lowest BCUT2D eigenvalue weighted by Gasteiger charge is -2.14. The van der Waals surface area contributed by atoms with Crippen LogP contribution in [0.1, 0.15) is 10.4 Å². The summed E-state index contributed by atoms with van der Waals surface area (Å²) in [5, 5.41) is 1.42. The van der Waals surface area contributed by atoms with E-state index in [1.807, 2.05) is 0 Å². The summed E-state index contributed by atoms with van der Waals surface area (Å²) in [4.78, 5) is 16.8. The van der Waals surface area contributed by atoms with Crippen LogP contribution in [0, 0.1) is 0 Å². The predicted octanol–water partition coefficient (Wildman–Crippen LogP) is 3.43. The molecule has 0 bridgehead atoms. The van der Waals surface area contributed by atoms with E-state index >= 15 is 0 Å². The maximum atomic E-state index is 12.4. The van der Waals surface area contributed by atoms with Crippen molar-refractivity contribution < 1.29 is 18.0 Å². The number of amides is 1. The van der Waals surface area contributed by atoms with Crippen molar-refractivity contribution in [3.8, 4) is 0 Å². The number of hydroxylamine groups is 2. The summed E-state index contributed by atoms with van der Waals surface area (Å²) < 4.78 is 27.2. The monoisotopic (exact) mass is 388 g/mol. The first-order valence-electron chi connectivity index (χ1n) is 6.64. The zero-order valence-electron chi connectivity index (χ0n) is 12.8. The van der Waals surface area contributed by atoms with Gasteiger partial charge < -0.3 is 0 Å². The second-order valence-electron chi connectivity index (χ2n) is 4.75. The van der Waals surface area contributed by atoms with Gasteiger partial charge in [0.05, 0.1) is 22.1 Å². The first-order valence-corrected chi connectivity index (χ1v) is 8.88. The van der Waals surface area contributed by atoms with Crippen LogP contribution in [0.4, 0.5) is 5.69 Å². The molecule has 2 aromatic rings. The van der Waals surface area contributed by atoms with Gasteiger partial charge >= 0.3 is 0 Å². The van der Waals surface area contributed by atoms with Crippen molar-refractivity contribution in [2.75, 3.05) is 18.9 Å². The van der Waals surface area contributed by atoms with Crippen molar-refractivity contribution in [1.29, 1.82) is 0 Å². The normalized spacial score (nSPS) is 11.2. The number of carbonyl (C=O) groups excluding carboxylic acids is 1. The number of hydrogen-bond acceptors (Lipinski definition) is 4. The summed E-state index contributed by atoms with van der Waals surface area (Å²) in [6, 6.07) is 10.0. The van der Waals surface area contributed by atoms with Crippen molar-refractivity contribution in [3.63, 3.8) is 0 Å². The average molecular weight is 389 g/mol. The number of nitrogens with zero attached hydrogens (tertiary/aromatic N) is 1. The van der Waals surface area contributed by atoms with Gasteiger partial charge in [0.25, 0.3) is 15.9 Å². The average Bonchev–Trinajstić information content (AvgIpc) is 2.55. The maximum Gasteiger partial charge on any atom is 0.277 e. The van der Waals surface area contributed by atoms with Crippen molar-refractivity contribution in [2.45, 2.75) is 4.90 Å². The van der Waals surface area contributed by atoms with E-state index in [0.29, 0.717) is 0 Å². The largest absolute Gasteiger partial charge is 0.280 e. The Balaban J connectivity index is 2.30. The van der Waals surface area contributed by atoms with Crippen LogP contribution in [0.5, 0.6) is 0 Å². The van der Waals surface area contributed by atoms with Gasteiger partial charge in [-0.05, 0) is 36.4 Å². The molecule has 0 aliphatic heterocycles. The van der Waals surface area contributed by atoms with Crippen LogP contribution < -0.4 is 4.72 Å². The first-order chi connectivity index (χ1) is 11.2. The fourth-order valence-corrected chi connectivity index (χ4v) is 3.28. The molecule has 0 aromatic heterocycles. The molecule has 6 nitrogen and oxygen atoms in total. The third kappa shape index (κ3) is 4.18. The molecule has 2 rings (SSSR count). The zero-order chi connectivity index (χ0) is 17.9. The van der Waals surface area contributed by atoms with Crippen molar-refractivity contribution in [2.24, 2.45) is 0 Å². The van der Waals surface area contributed by atoms with Crippen molar-refractivity contribution >= 4 is 44.8 Å². The minimum absolute atomic E-state index is 0.0392. The van der Waals surface area contributed by atoms with Gasteiger partial charge in [0, 0.05) is 18.3 Å². The number of anilines is 1. The predicted molar refractivity (Wildman–Crippen MR) is 92.8 cm³/mol. The second kappa shape index (κ2) is 7.40. The van der Waals surface area contributed by atoms with Gasteiger partial charge in [0.2, 0.25) is 0 Å². The molecule has 0 aliphatic carbocycles. The van der Waals surface area contributed by atoms with Crippen molar-refractivity contribution in [1.82, 2.24) is 5.06 Å². The topological polar surface area (TPSA) is 75.7 Å². The molecule has 1 N–H and O–H groups in total. The molecule has 0 aliphatic rings. The fraction of sp³-hybridized carbons (Fsp3) is 0.133. The van der Waals surface area contributed by atoms with Crippen LogP contribution in [-0.2, 0) is 14.9 Å². The Bertz CT molecular complexity index is 872. The van der Waals surface area contributed by atoms with E-state index in [0.717, 1.165) is 5.06 Å². The van der Waals surface area contributed by atoms with Gasteiger partial charge in [-0.2, -0.15) is 0 Å². The Morgan fingerprint density at radius 2 is 1.83 bits per heavy atom. The van der Waals surface area contributed by atoms with Gasteiger partial charge in [-0.1, -0.05) is 29.3 Å². The fourth-order valence-electron chi connectivity index (χ4n) is 1.84. The number of benzene rings is 2. The summed E-state index contributed by atoms with van der Waals surface area (Å²) in [6.07, 6.45) is 0. The number of sulfonamides is 1. The highest BCUT2D eigenvalue weighted by atomic mass is 35.5. The lowest BCUT2D eigenvalue weighted by Crippen LogP contribution is -2.25. The van der Waals surface area contributed by atoms with Gasteiger partial charge in [-0.3, -0.25) is 14.4 Å². The van der Waals surface area contributed by atoms with E-state index in [2.05, 4.69) is 4.72 Å². The number of carbonyl (C=O) groups is 1. The van der Waals surface area contributed by atoms with Gasteiger partial charge in [0.1, 0.15) is 0 Å². The number of nitrogens with one attached hydrogen (secondary N) is 1. The Morgan fingerprint density at radius 3 is 2.46 bits per heavy atom. The van der Waals surface area contributed by atoms with Crippen LogP contribution in [0.25, 0.3) is 0 Å². The van der Waals surface area contributed by atoms with E-state index in [-0.39, 0.29) is 26.2 Å². The number of halogens is 2. The van der Waals surface area contributed by atoms with Gasteiger partial charge in [0.15, 0.2) is 0 Å². The minimum Gasteiger partial charge on any atom is -0.280 e. The van der Waals surface area contributed by atoms with Crippen molar-refractivity contribution in [3.05, 3.63) is 58.1 Å². The Morgan fingerprint density at radius 1 is 1.12 bits per heavy atom. The molecular formula is C15H14Cl2N2O4S. The van der Waals surface area contributed by atoms with Crippen LogP contribution in [0.15, 0.2) is 47.4 Å². The standard InChI is InChI=1S/C15H14Cl2N2O4S/c1-19(23-2)15(20)10-4-3-5-11(8-10)18-24(21,22)12-6-7-13(16)14(17)9-12/h3-9,18H,1-2H3. The molecule has 0 unspecified atom stereocenters. The van der Waals surface area contributed by atoms with E-state index < -0.39 is 15.9 Å². The molecule has 1 amide bonds. The molecule has 0 radical (unpaired) electrons. The summed E-state index contributed by atoms with van der Waals surface area (Å²) in [7, 11) is -1.06. The Hall–Kier alpha value is -1.80. The maximum absolute atomic E-state index is 12.4. The molecule has 0 heterocycles. The molecule has 2 aromatic carbocycles. The SMILES string of the molecule is CON(C)C(=O)c1cccc(NS(=O)(=O)c2ccc(Cl)c(Cl)c2)c1. The third-order valence-electron chi connectivity index (χ3n) is 3.12. The minimum atomic E-state index is -3.87. The van der Waals surface area contributed by atoms with Gasteiger partial charge in [-0.15, -0.1) is 0 Å². The van der Waals surface area contributed by atoms with Crippen LogP contribution in [0.2, 0.25) is 10.0 Å². The van der Waals surface area contributed by atoms with Crippen LogP contribution >= 0.6 is 23.2 Å². The van der Waals surface area contributed by atoms with E-state index in [1.165, 1.54) is 44.5 Å². The molecule has 0 spiro atoms. The van der Waals surface area contributed by atoms with Gasteiger partial charge in [-0.25, -0.2) is 13.5 Å². The summed E-state index contributed by atoms with van der Waals surface area (Å²) in [6.45, 7) is 0. The summed E-state index contributed by atoms with van der Waals surface area (Å²) in [5.41, 5.74) is 0.505. The van der Waals surface area contributed by atoms with E-state index in [9.17, 15) is 13.2 Å². The van der Waals surface area contributed by atoms with Crippen LogP contribution in [-0.4, -0.2) is 33.5 Å². The highest BCUT2D eigenvalue weighted by Crippen LogP contribution is 2.26. The highest BCUT2D eigenvalue weighted by molar-refractivity contribution is 7.92. The zero-order valence-corrected chi connectivity index (χ0v) is 15.1.